The first-order valence-corrected chi connectivity index (χ1v) is 7.78. The smallest absolute Gasteiger partial charge is 0.335 e. The Morgan fingerprint density at radius 1 is 1.09 bits per heavy atom. The van der Waals surface area contributed by atoms with Gasteiger partial charge in [0.1, 0.15) is 0 Å². The first-order chi connectivity index (χ1) is 11.1. The molecule has 0 saturated heterocycles. The molecule has 2 N–H and O–H groups in total. The monoisotopic (exact) mass is 327 g/mol. The number of carboxylic acid groups (broad SMARTS) is 1. The molecule has 0 radical (unpaired) electrons. The number of aromatic hydroxyl groups is 1. The number of para-hydroxylation sites is 1. The Bertz CT molecular complexity index is 816. The van der Waals surface area contributed by atoms with Gasteiger partial charge in [-0.2, -0.15) is 4.98 Å². The van der Waals surface area contributed by atoms with Crippen LogP contribution >= 0.6 is 11.8 Å². The van der Waals surface area contributed by atoms with Crippen molar-refractivity contribution in [1.82, 2.24) is 14.8 Å². The second-order valence-electron chi connectivity index (χ2n) is 4.73. The van der Waals surface area contributed by atoms with Crippen molar-refractivity contribution in [2.45, 2.75) is 10.9 Å². The minimum atomic E-state index is -0.946. The molecular formula is C16H13N3O3S. The number of aromatic carboxylic acids is 1. The molecule has 1 aromatic heterocycles. The minimum Gasteiger partial charge on any atom is -0.478 e. The molecule has 7 heteroatoms. The molecule has 0 saturated carbocycles. The molecule has 0 fully saturated rings. The molecule has 6 nitrogen and oxygen atoms in total. The van der Waals surface area contributed by atoms with Gasteiger partial charge in [0.05, 0.1) is 11.3 Å². The van der Waals surface area contributed by atoms with Crippen LogP contribution in [0.3, 0.4) is 0 Å². The zero-order valence-corrected chi connectivity index (χ0v) is 12.8. The fraction of sp³-hybridized carbons (Fsp3) is 0.0625. The summed E-state index contributed by atoms with van der Waals surface area (Å²) in [6, 6.07) is 15.8. The van der Waals surface area contributed by atoms with Gasteiger partial charge < -0.3 is 10.2 Å². The lowest BCUT2D eigenvalue weighted by atomic mass is 10.1. The zero-order valence-electron chi connectivity index (χ0n) is 12.0. The van der Waals surface area contributed by atoms with Gasteiger partial charge in [0.2, 0.25) is 0 Å². The molecule has 0 bridgehead atoms. The van der Waals surface area contributed by atoms with Gasteiger partial charge in [-0.3, -0.25) is 0 Å². The molecule has 116 valence electrons. The van der Waals surface area contributed by atoms with Gasteiger partial charge >= 0.3 is 12.0 Å². The van der Waals surface area contributed by atoms with E-state index in [9.17, 15) is 9.90 Å². The Morgan fingerprint density at radius 3 is 2.43 bits per heavy atom. The molecule has 23 heavy (non-hydrogen) atoms. The lowest BCUT2D eigenvalue weighted by Crippen LogP contribution is -1.98. The number of aromatic nitrogens is 3. The van der Waals surface area contributed by atoms with Crippen molar-refractivity contribution in [1.29, 1.82) is 0 Å². The van der Waals surface area contributed by atoms with Crippen LogP contribution < -0.4 is 0 Å². The number of carbonyl (C=O) groups is 1. The Labute approximate surface area is 136 Å². The summed E-state index contributed by atoms with van der Waals surface area (Å²) in [5.41, 5.74) is 2.02. The molecule has 0 amide bonds. The Kier molecular flexibility index (Phi) is 4.29. The first kappa shape index (κ1) is 15.1. The molecule has 2 aromatic carbocycles. The van der Waals surface area contributed by atoms with Gasteiger partial charge in [0.15, 0.2) is 5.16 Å². The van der Waals surface area contributed by atoms with Crippen molar-refractivity contribution < 1.29 is 15.0 Å². The van der Waals surface area contributed by atoms with Crippen LogP contribution in [-0.2, 0) is 5.75 Å². The van der Waals surface area contributed by atoms with Crippen molar-refractivity contribution in [2.24, 2.45) is 0 Å². The fourth-order valence-electron chi connectivity index (χ4n) is 2.01. The number of thioether (sulfide) groups is 1. The topological polar surface area (TPSA) is 88.2 Å². The number of nitrogens with zero attached hydrogens (tertiary/aromatic N) is 3. The van der Waals surface area contributed by atoms with Crippen LogP contribution in [0.25, 0.3) is 5.69 Å². The maximum atomic E-state index is 10.8. The Hall–Kier alpha value is -2.80. The highest BCUT2D eigenvalue weighted by Gasteiger charge is 2.12. The van der Waals surface area contributed by atoms with Crippen molar-refractivity contribution in [3.05, 3.63) is 65.7 Å². The van der Waals surface area contributed by atoms with Crippen LogP contribution in [0.2, 0.25) is 0 Å². The predicted octanol–water partition coefficient (Wildman–Crippen LogP) is 2.96. The van der Waals surface area contributed by atoms with Crippen LogP contribution in [0.4, 0.5) is 0 Å². The fourth-order valence-corrected chi connectivity index (χ4v) is 2.91. The minimum absolute atomic E-state index is 0.254. The van der Waals surface area contributed by atoms with E-state index >= 15 is 0 Å². The number of hydrogen-bond donors (Lipinski definition) is 2. The van der Waals surface area contributed by atoms with Gasteiger partial charge in [-0.1, -0.05) is 42.1 Å². The highest BCUT2D eigenvalue weighted by Crippen LogP contribution is 2.25. The molecule has 0 aliphatic rings. The summed E-state index contributed by atoms with van der Waals surface area (Å²) in [6.45, 7) is 0. The number of rotatable bonds is 5. The quantitative estimate of drug-likeness (QED) is 0.701. The van der Waals surface area contributed by atoms with E-state index in [4.69, 9.17) is 5.11 Å². The molecule has 0 atom stereocenters. The SMILES string of the molecule is O=C(O)c1ccc(CSc2nc(O)nn2-c2ccccc2)cc1. The summed E-state index contributed by atoms with van der Waals surface area (Å²) in [4.78, 5) is 14.9. The van der Waals surface area contributed by atoms with Crippen LogP contribution in [0, 0.1) is 0 Å². The summed E-state index contributed by atoms with van der Waals surface area (Å²) in [6.07, 6.45) is 0. The summed E-state index contributed by atoms with van der Waals surface area (Å²) in [5, 5.41) is 23.0. The predicted molar refractivity (Wildman–Crippen MR) is 86.0 cm³/mol. The van der Waals surface area contributed by atoms with E-state index < -0.39 is 5.97 Å². The van der Waals surface area contributed by atoms with Gasteiger partial charge in [-0.05, 0) is 29.8 Å². The third-order valence-electron chi connectivity index (χ3n) is 3.14. The summed E-state index contributed by atoms with van der Waals surface area (Å²) < 4.78 is 1.58. The van der Waals surface area contributed by atoms with Crippen molar-refractivity contribution in [3.63, 3.8) is 0 Å². The third-order valence-corrected chi connectivity index (χ3v) is 4.14. The Morgan fingerprint density at radius 2 is 1.78 bits per heavy atom. The molecule has 0 aliphatic heterocycles. The average molecular weight is 327 g/mol. The van der Waals surface area contributed by atoms with Gasteiger partial charge in [0, 0.05) is 5.75 Å². The maximum Gasteiger partial charge on any atom is 0.335 e. The number of carboxylic acids is 1. The Balaban J connectivity index is 1.77. The van der Waals surface area contributed by atoms with E-state index in [0.717, 1.165) is 11.3 Å². The summed E-state index contributed by atoms with van der Waals surface area (Å²) in [5.74, 6) is -0.358. The molecular weight excluding hydrogens is 314 g/mol. The average Bonchev–Trinajstić information content (AvgIpc) is 2.95. The van der Waals surface area contributed by atoms with E-state index in [0.29, 0.717) is 10.9 Å². The normalized spacial score (nSPS) is 10.6. The summed E-state index contributed by atoms with van der Waals surface area (Å²) >= 11 is 1.41. The summed E-state index contributed by atoms with van der Waals surface area (Å²) in [7, 11) is 0. The molecule has 0 aliphatic carbocycles. The third kappa shape index (κ3) is 3.51. The standard InChI is InChI=1S/C16H13N3O3S/c20-14(21)12-8-6-11(7-9-12)10-23-16-17-15(22)18-19(16)13-4-2-1-3-5-13/h1-9H,10H2,(H,18,22)(H,20,21). The largest absolute Gasteiger partial charge is 0.478 e. The van der Waals surface area contributed by atoms with Crippen molar-refractivity contribution >= 4 is 17.7 Å². The molecule has 3 rings (SSSR count). The van der Waals surface area contributed by atoms with Crippen LogP contribution in [0.15, 0.2) is 59.8 Å². The van der Waals surface area contributed by atoms with E-state index in [-0.39, 0.29) is 11.6 Å². The van der Waals surface area contributed by atoms with E-state index in [1.165, 1.54) is 11.8 Å². The van der Waals surface area contributed by atoms with Gasteiger partial charge in [0.25, 0.3) is 0 Å². The number of benzene rings is 2. The molecule has 1 heterocycles. The van der Waals surface area contributed by atoms with Crippen molar-refractivity contribution in [2.75, 3.05) is 0 Å². The molecule has 0 spiro atoms. The second-order valence-corrected chi connectivity index (χ2v) is 5.67. The maximum absolute atomic E-state index is 10.8. The van der Waals surface area contributed by atoms with Crippen LogP contribution in [-0.4, -0.2) is 30.9 Å². The lowest BCUT2D eigenvalue weighted by Gasteiger charge is -2.05. The lowest BCUT2D eigenvalue weighted by molar-refractivity contribution is 0.0697. The first-order valence-electron chi connectivity index (χ1n) is 6.80. The second kappa shape index (κ2) is 6.53. The van der Waals surface area contributed by atoms with E-state index in [1.54, 1.807) is 28.9 Å². The van der Waals surface area contributed by atoms with Crippen LogP contribution in [0.5, 0.6) is 6.01 Å². The molecule has 0 unspecified atom stereocenters. The highest BCUT2D eigenvalue weighted by molar-refractivity contribution is 7.98. The molecule has 3 aromatic rings. The van der Waals surface area contributed by atoms with Crippen LogP contribution in [0.1, 0.15) is 15.9 Å². The van der Waals surface area contributed by atoms with E-state index in [1.807, 2.05) is 30.3 Å². The number of hydrogen-bond acceptors (Lipinski definition) is 5. The van der Waals surface area contributed by atoms with Gasteiger partial charge in [-0.15, -0.1) is 5.10 Å². The van der Waals surface area contributed by atoms with Crippen molar-refractivity contribution in [3.8, 4) is 11.7 Å². The highest BCUT2D eigenvalue weighted by atomic mass is 32.2. The zero-order chi connectivity index (χ0) is 16.2. The van der Waals surface area contributed by atoms with Gasteiger partial charge in [-0.25, -0.2) is 9.48 Å². The van der Waals surface area contributed by atoms with E-state index in [2.05, 4.69) is 10.1 Å².